The van der Waals surface area contributed by atoms with Gasteiger partial charge in [0.25, 0.3) is 0 Å². The Bertz CT molecular complexity index is 1310. The Hall–Kier alpha value is -2.98. The lowest BCUT2D eigenvalue weighted by molar-refractivity contribution is -0.138. The van der Waals surface area contributed by atoms with Crippen LogP contribution in [0.3, 0.4) is 0 Å². The summed E-state index contributed by atoms with van der Waals surface area (Å²) in [5, 5.41) is 19.0. The van der Waals surface area contributed by atoms with E-state index in [1.54, 1.807) is 6.07 Å². The van der Waals surface area contributed by atoms with E-state index in [1.807, 2.05) is 36.4 Å². The highest BCUT2D eigenvalue weighted by Gasteiger charge is 2.22. The number of nitrogens with zero attached hydrogens (tertiary/aromatic N) is 6. The zero-order chi connectivity index (χ0) is 28.8. The molecule has 2 fully saturated rings. The van der Waals surface area contributed by atoms with Crippen LogP contribution in [0, 0.1) is 5.92 Å². The first-order valence-corrected chi connectivity index (χ1v) is 15.0. The van der Waals surface area contributed by atoms with Gasteiger partial charge in [-0.05, 0) is 87.3 Å². The molecular formula is C30H36Cl2N6O3. The van der Waals surface area contributed by atoms with Gasteiger partial charge in [0.05, 0.1) is 5.69 Å². The van der Waals surface area contributed by atoms with Gasteiger partial charge in [0.1, 0.15) is 0 Å². The Morgan fingerprint density at radius 2 is 1.71 bits per heavy atom. The molecule has 0 amide bonds. The van der Waals surface area contributed by atoms with Crippen molar-refractivity contribution in [2.24, 2.45) is 5.92 Å². The van der Waals surface area contributed by atoms with Crippen LogP contribution in [0.5, 0.6) is 11.8 Å². The Labute approximate surface area is 251 Å². The number of ether oxygens (including phenoxy) is 1. The maximum absolute atomic E-state index is 11.1. The summed E-state index contributed by atoms with van der Waals surface area (Å²) in [6, 6.07) is 13.1. The van der Waals surface area contributed by atoms with Crippen LogP contribution in [-0.4, -0.2) is 81.9 Å². The SMILES string of the molecule is CCN1CCCN(c2ccc(Oc3cc(CN4CCC(CC(=O)O)CC4)cc(-c4cc(Cl)cc(Cl)c4)n3)nn2)CC1. The van der Waals surface area contributed by atoms with E-state index in [9.17, 15) is 4.79 Å². The molecule has 218 valence electrons. The summed E-state index contributed by atoms with van der Waals surface area (Å²) in [4.78, 5) is 22.9. The van der Waals surface area contributed by atoms with Gasteiger partial charge in [0, 0.05) is 60.3 Å². The summed E-state index contributed by atoms with van der Waals surface area (Å²) < 4.78 is 6.13. The fourth-order valence-corrected chi connectivity index (χ4v) is 6.09. The zero-order valence-corrected chi connectivity index (χ0v) is 24.8. The molecular weight excluding hydrogens is 563 g/mol. The summed E-state index contributed by atoms with van der Waals surface area (Å²) in [6.45, 7) is 9.62. The number of aliphatic carboxylic acids is 1. The molecule has 1 N–H and O–H groups in total. The number of anilines is 1. The van der Waals surface area contributed by atoms with Crippen LogP contribution in [0.25, 0.3) is 11.3 Å². The van der Waals surface area contributed by atoms with Crippen LogP contribution in [0.1, 0.15) is 38.2 Å². The number of rotatable bonds is 9. The molecule has 0 atom stereocenters. The number of aromatic nitrogens is 3. The molecule has 3 aromatic rings. The lowest BCUT2D eigenvalue weighted by Gasteiger charge is -2.31. The number of carboxylic acids is 1. The minimum Gasteiger partial charge on any atom is -0.481 e. The van der Waals surface area contributed by atoms with Crippen molar-refractivity contribution >= 4 is 35.0 Å². The molecule has 5 rings (SSSR count). The fraction of sp³-hybridized carbons (Fsp3) is 0.467. The van der Waals surface area contributed by atoms with Crippen molar-refractivity contribution in [3.8, 4) is 23.0 Å². The molecule has 2 saturated heterocycles. The molecule has 0 spiro atoms. The number of halogens is 2. The highest BCUT2D eigenvalue weighted by molar-refractivity contribution is 6.35. The molecule has 2 aromatic heterocycles. The molecule has 0 unspecified atom stereocenters. The molecule has 0 saturated carbocycles. The maximum Gasteiger partial charge on any atom is 0.303 e. The van der Waals surface area contributed by atoms with E-state index in [0.717, 1.165) is 82.0 Å². The lowest BCUT2D eigenvalue weighted by atomic mass is 9.93. The van der Waals surface area contributed by atoms with E-state index in [4.69, 9.17) is 38.0 Å². The van der Waals surface area contributed by atoms with E-state index < -0.39 is 5.97 Å². The van der Waals surface area contributed by atoms with Crippen molar-refractivity contribution < 1.29 is 14.6 Å². The topological polar surface area (TPSA) is 94.9 Å². The average molecular weight is 600 g/mol. The van der Waals surface area contributed by atoms with Crippen LogP contribution < -0.4 is 9.64 Å². The second kappa shape index (κ2) is 13.8. The Balaban J connectivity index is 1.33. The van der Waals surface area contributed by atoms with Crippen LogP contribution >= 0.6 is 23.2 Å². The monoisotopic (exact) mass is 598 g/mol. The van der Waals surface area contributed by atoms with Crippen LogP contribution in [0.15, 0.2) is 42.5 Å². The van der Waals surface area contributed by atoms with E-state index in [0.29, 0.717) is 34.0 Å². The quantitative estimate of drug-likeness (QED) is 0.325. The number of likely N-dealkylation sites (N-methyl/N-ethyl adjacent to an activating group) is 1. The van der Waals surface area contributed by atoms with Crippen LogP contribution in [-0.2, 0) is 11.3 Å². The van der Waals surface area contributed by atoms with Gasteiger partial charge in [0.2, 0.25) is 11.8 Å². The predicted molar refractivity (Wildman–Crippen MR) is 161 cm³/mol. The van der Waals surface area contributed by atoms with Gasteiger partial charge < -0.3 is 19.6 Å². The third-order valence-corrected chi connectivity index (χ3v) is 8.23. The van der Waals surface area contributed by atoms with E-state index in [2.05, 4.69) is 31.8 Å². The van der Waals surface area contributed by atoms with Crippen molar-refractivity contribution in [2.75, 3.05) is 50.7 Å². The summed E-state index contributed by atoms with van der Waals surface area (Å²) >= 11 is 12.6. The van der Waals surface area contributed by atoms with E-state index >= 15 is 0 Å². The molecule has 1 aromatic carbocycles. The summed E-state index contributed by atoms with van der Waals surface area (Å²) in [5.74, 6) is 1.12. The molecule has 0 aliphatic carbocycles. The molecule has 9 nitrogen and oxygen atoms in total. The van der Waals surface area contributed by atoms with Crippen LogP contribution in [0.2, 0.25) is 10.0 Å². The largest absolute Gasteiger partial charge is 0.481 e. The van der Waals surface area contributed by atoms with Crippen molar-refractivity contribution in [1.82, 2.24) is 25.0 Å². The van der Waals surface area contributed by atoms with E-state index in [1.165, 1.54) is 0 Å². The summed E-state index contributed by atoms with van der Waals surface area (Å²) in [5.41, 5.74) is 2.50. The van der Waals surface area contributed by atoms with Gasteiger partial charge in [-0.3, -0.25) is 9.69 Å². The van der Waals surface area contributed by atoms with Gasteiger partial charge in [-0.1, -0.05) is 30.1 Å². The second-order valence-electron chi connectivity index (χ2n) is 10.8. The zero-order valence-electron chi connectivity index (χ0n) is 23.3. The van der Waals surface area contributed by atoms with Crippen LogP contribution in [0.4, 0.5) is 5.82 Å². The third kappa shape index (κ3) is 8.29. The number of likely N-dealkylation sites (tertiary alicyclic amines) is 1. The third-order valence-electron chi connectivity index (χ3n) is 7.79. The number of hydrogen-bond donors (Lipinski definition) is 1. The minimum absolute atomic E-state index is 0.227. The minimum atomic E-state index is -0.727. The average Bonchev–Trinajstić information content (AvgIpc) is 3.20. The van der Waals surface area contributed by atoms with Crippen molar-refractivity contribution in [1.29, 1.82) is 0 Å². The van der Waals surface area contributed by atoms with Crippen molar-refractivity contribution in [3.63, 3.8) is 0 Å². The Morgan fingerprint density at radius 3 is 2.39 bits per heavy atom. The van der Waals surface area contributed by atoms with Gasteiger partial charge in [0.15, 0.2) is 5.82 Å². The first kappa shape index (κ1) is 29.5. The first-order valence-electron chi connectivity index (χ1n) is 14.2. The smallest absolute Gasteiger partial charge is 0.303 e. The molecule has 0 radical (unpaired) electrons. The number of piperidine rings is 1. The number of benzene rings is 1. The number of carbonyl (C=O) groups is 1. The van der Waals surface area contributed by atoms with Gasteiger partial charge >= 0.3 is 5.97 Å². The van der Waals surface area contributed by atoms with Gasteiger partial charge in [-0.25, -0.2) is 4.98 Å². The molecule has 0 bridgehead atoms. The van der Waals surface area contributed by atoms with Crippen molar-refractivity contribution in [2.45, 2.75) is 39.2 Å². The van der Waals surface area contributed by atoms with Gasteiger partial charge in [-0.15, -0.1) is 10.2 Å². The highest BCUT2D eigenvalue weighted by atomic mass is 35.5. The lowest BCUT2D eigenvalue weighted by Crippen LogP contribution is -2.33. The molecule has 11 heteroatoms. The second-order valence-corrected chi connectivity index (χ2v) is 11.7. The molecule has 41 heavy (non-hydrogen) atoms. The molecule has 2 aliphatic rings. The predicted octanol–water partition coefficient (Wildman–Crippen LogP) is 5.86. The van der Waals surface area contributed by atoms with E-state index in [-0.39, 0.29) is 12.3 Å². The fourth-order valence-electron chi connectivity index (χ4n) is 5.57. The number of carboxylic acid groups (broad SMARTS) is 1. The highest BCUT2D eigenvalue weighted by Crippen LogP contribution is 2.31. The molecule has 2 aliphatic heterocycles. The number of hydrogen-bond acceptors (Lipinski definition) is 8. The standard InChI is InChI=1S/C30H36Cl2N6O3/c1-2-36-8-3-9-38(13-12-36)27-4-5-28(35-34-27)41-29-15-22(20-37-10-6-21(7-11-37)16-30(39)40)14-26(33-29)23-17-24(31)19-25(32)18-23/h4-5,14-15,17-19,21H,2-3,6-13,16,20H2,1H3,(H,39,40). The van der Waals surface area contributed by atoms with Crippen molar-refractivity contribution in [3.05, 3.63) is 58.1 Å². The first-order chi connectivity index (χ1) is 19.8. The normalized spacial score (nSPS) is 17.4. The van der Waals surface area contributed by atoms with Gasteiger partial charge in [-0.2, -0.15) is 0 Å². The summed E-state index contributed by atoms with van der Waals surface area (Å²) in [7, 11) is 0. The Kier molecular flexibility index (Phi) is 9.92. The number of pyridine rings is 1. The summed E-state index contributed by atoms with van der Waals surface area (Å²) in [6.07, 6.45) is 3.06. The maximum atomic E-state index is 11.1. The molecule has 4 heterocycles. The Morgan fingerprint density at radius 1 is 0.927 bits per heavy atom.